The lowest BCUT2D eigenvalue weighted by Crippen LogP contribution is -2.46. The molecule has 0 aliphatic carbocycles. The average Bonchev–Trinajstić information content (AvgIpc) is 2.30. The van der Waals surface area contributed by atoms with E-state index in [0.29, 0.717) is 0 Å². The van der Waals surface area contributed by atoms with Crippen molar-refractivity contribution in [1.29, 1.82) is 0 Å². The van der Waals surface area contributed by atoms with Crippen LogP contribution >= 0.6 is 15.9 Å². The molecule has 2 rings (SSSR count). The maximum absolute atomic E-state index is 5.80. The van der Waals surface area contributed by atoms with Crippen LogP contribution in [0.5, 0.6) is 0 Å². The standard InChI is InChI=1S/C14H21BrN2O/c1-10-8-17(9-11(2)18-10)14-6-13(15)5-4-12(14)7-16-3/h4-6,10-11,16H,7-9H2,1-3H3/t10-,11+. The second kappa shape index (κ2) is 6.04. The third kappa shape index (κ3) is 3.25. The first-order valence-electron chi connectivity index (χ1n) is 6.43. The summed E-state index contributed by atoms with van der Waals surface area (Å²) < 4.78 is 6.93. The molecule has 1 heterocycles. The van der Waals surface area contributed by atoms with Crippen LogP contribution in [0.4, 0.5) is 5.69 Å². The van der Waals surface area contributed by atoms with Crippen molar-refractivity contribution < 1.29 is 4.74 Å². The lowest BCUT2D eigenvalue weighted by atomic mass is 10.1. The van der Waals surface area contributed by atoms with Gasteiger partial charge in [-0.25, -0.2) is 0 Å². The minimum atomic E-state index is 0.287. The van der Waals surface area contributed by atoms with Gasteiger partial charge in [0.1, 0.15) is 0 Å². The van der Waals surface area contributed by atoms with E-state index in [1.807, 2.05) is 7.05 Å². The van der Waals surface area contributed by atoms with Crippen LogP contribution in [0.25, 0.3) is 0 Å². The lowest BCUT2D eigenvalue weighted by Gasteiger charge is -2.38. The summed E-state index contributed by atoms with van der Waals surface area (Å²) in [6.07, 6.45) is 0.574. The van der Waals surface area contributed by atoms with E-state index in [1.165, 1.54) is 11.3 Å². The van der Waals surface area contributed by atoms with Crippen molar-refractivity contribution in [3.8, 4) is 0 Å². The Bertz CT molecular complexity index is 401. The van der Waals surface area contributed by atoms with Crippen LogP contribution in [0.1, 0.15) is 19.4 Å². The Morgan fingerprint density at radius 2 is 2.00 bits per heavy atom. The van der Waals surface area contributed by atoms with Crippen LogP contribution in [0.2, 0.25) is 0 Å². The number of anilines is 1. The monoisotopic (exact) mass is 312 g/mol. The molecule has 1 aromatic carbocycles. The highest BCUT2D eigenvalue weighted by atomic mass is 79.9. The molecule has 1 fully saturated rings. The number of nitrogens with zero attached hydrogens (tertiary/aromatic N) is 1. The van der Waals surface area contributed by atoms with Crippen molar-refractivity contribution in [3.63, 3.8) is 0 Å². The number of ether oxygens (including phenoxy) is 1. The Balaban J connectivity index is 2.27. The molecule has 0 amide bonds. The van der Waals surface area contributed by atoms with Crippen LogP contribution in [-0.2, 0) is 11.3 Å². The van der Waals surface area contributed by atoms with Gasteiger partial charge in [0, 0.05) is 29.8 Å². The van der Waals surface area contributed by atoms with E-state index in [1.54, 1.807) is 0 Å². The molecule has 100 valence electrons. The van der Waals surface area contributed by atoms with Crippen molar-refractivity contribution in [1.82, 2.24) is 5.32 Å². The normalized spacial score (nSPS) is 24.3. The summed E-state index contributed by atoms with van der Waals surface area (Å²) in [5.74, 6) is 0. The summed E-state index contributed by atoms with van der Waals surface area (Å²) in [5.41, 5.74) is 2.64. The van der Waals surface area contributed by atoms with Crippen LogP contribution in [0, 0.1) is 0 Å². The number of hydrogen-bond donors (Lipinski definition) is 1. The van der Waals surface area contributed by atoms with Gasteiger partial charge in [0.2, 0.25) is 0 Å². The summed E-state index contributed by atoms with van der Waals surface area (Å²) in [6.45, 7) is 7.08. The highest BCUT2D eigenvalue weighted by molar-refractivity contribution is 9.10. The number of halogens is 1. The summed E-state index contributed by atoms with van der Waals surface area (Å²) in [5, 5.41) is 3.23. The zero-order valence-electron chi connectivity index (χ0n) is 11.2. The average molecular weight is 313 g/mol. The van der Waals surface area contributed by atoms with Gasteiger partial charge in [-0.05, 0) is 38.6 Å². The summed E-state index contributed by atoms with van der Waals surface area (Å²) >= 11 is 3.57. The van der Waals surface area contributed by atoms with E-state index in [0.717, 1.165) is 24.1 Å². The van der Waals surface area contributed by atoms with Gasteiger partial charge in [0.25, 0.3) is 0 Å². The highest BCUT2D eigenvalue weighted by Gasteiger charge is 2.23. The van der Waals surface area contributed by atoms with Crippen LogP contribution < -0.4 is 10.2 Å². The third-order valence-corrected chi connectivity index (χ3v) is 3.67. The Morgan fingerprint density at radius 3 is 2.61 bits per heavy atom. The number of nitrogens with one attached hydrogen (secondary N) is 1. The minimum absolute atomic E-state index is 0.287. The molecule has 1 saturated heterocycles. The number of morpholine rings is 1. The fraction of sp³-hybridized carbons (Fsp3) is 0.571. The van der Waals surface area contributed by atoms with Crippen molar-refractivity contribution in [2.24, 2.45) is 0 Å². The van der Waals surface area contributed by atoms with Gasteiger partial charge in [-0.3, -0.25) is 0 Å². The molecular formula is C14H21BrN2O. The summed E-state index contributed by atoms with van der Waals surface area (Å²) in [4.78, 5) is 2.43. The lowest BCUT2D eigenvalue weighted by molar-refractivity contribution is -0.00526. The van der Waals surface area contributed by atoms with Gasteiger partial charge in [0.15, 0.2) is 0 Å². The molecule has 1 aliphatic rings. The van der Waals surface area contributed by atoms with Gasteiger partial charge >= 0.3 is 0 Å². The topological polar surface area (TPSA) is 24.5 Å². The first-order valence-corrected chi connectivity index (χ1v) is 7.23. The second-order valence-electron chi connectivity index (χ2n) is 4.97. The maximum atomic E-state index is 5.80. The van der Waals surface area contributed by atoms with Crippen molar-refractivity contribution in [2.45, 2.75) is 32.6 Å². The molecule has 4 heteroatoms. The minimum Gasteiger partial charge on any atom is -0.372 e. The number of hydrogen-bond acceptors (Lipinski definition) is 3. The Kier molecular flexibility index (Phi) is 4.65. The molecule has 2 atom stereocenters. The Hall–Kier alpha value is -0.580. The van der Waals surface area contributed by atoms with Crippen molar-refractivity contribution in [2.75, 3.05) is 25.0 Å². The van der Waals surface area contributed by atoms with E-state index in [4.69, 9.17) is 4.74 Å². The Morgan fingerprint density at radius 1 is 1.33 bits per heavy atom. The molecule has 1 aliphatic heterocycles. The molecule has 0 saturated carbocycles. The van der Waals surface area contributed by atoms with E-state index in [9.17, 15) is 0 Å². The summed E-state index contributed by atoms with van der Waals surface area (Å²) in [7, 11) is 1.98. The predicted octanol–water partition coefficient (Wildman–Crippen LogP) is 2.78. The third-order valence-electron chi connectivity index (χ3n) is 3.17. The second-order valence-corrected chi connectivity index (χ2v) is 5.88. The SMILES string of the molecule is CNCc1ccc(Br)cc1N1C[C@@H](C)O[C@@H](C)C1. The van der Waals surface area contributed by atoms with Gasteiger partial charge in [-0.1, -0.05) is 22.0 Å². The quantitative estimate of drug-likeness (QED) is 0.929. The zero-order chi connectivity index (χ0) is 13.1. The fourth-order valence-electron chi connectivity index (χ4n) is 2.55. The Labute approximate surface area is 118 Å². The van der Waals surface area contributed by atoms with Gasteiger partial charge < -0.3 is 15.0 Å². The van der Waals surface area contributed by atoms with E-state index >= 15 is 0 Å². The van der Waals surface area contributed by atoms with E-state index in [-0.39, 0.29) is 12.2 Å². The van der Waals surface area contributed by atoms with Crippen LogP contribution in [0.15, 0.2) is 22.7 Å². The van der Waals surface area contributed by atoms with Gasteiger partial charge in [-0.15, -0.1) is 0 Å². The molecule has 1 aromatic rings. The first kappa shape index (κ1) is 13.8. The predicted molar refractivity (Wildman–Crippen MR) is 79.1 cm³/mol. The van der Waals surface area contributed by atoms with Crippen molar-refractivity contribution >= 4 is 21.6 Å². The largest absolute Gasteiger partial charge is 0.372 e. The molecule has 0 spiro atoms. The van der Waals surface area contributed by atoms with Crippen LogP contribution in [-0.4, -0.2) is 32.3 Å². The molecule has 3 nitrogen and oxygen atoms in total. The van der Waals surface area contributed by atoms with Gasteiger partial charge in [-0.2, -0.15) is 0 Å². The maximum Gasteiger partial charge on any atom is 0.0726 e. The molecule has 0 bridgehead atoms. The van der Waals surface area contributed by atoms with E-state index in [2.05, 4.69) is 58.2 Å². The molecule has 18 heavy (non-hydrogen) atoms. The van der Waals surface area contributed by atoms with Crippen LogP contribution in [0.3, 0.4) is 0 Å². The molecule has 0 radical (unpaired) electrons. The zero-order valence-corrected chi connectivity index (χ0v) is 12.8. The molecule has 0 aromatic heterocycles. The fourth-order valence-corrected chi connectivity index (χ4v) is 2.89. The van der Waals surface area contributed by atoms with Gasteiger partial charge in [0.05, 0.1) is 12.2 Å². The highest BCUT2D eigenvalue weighted by Crippen LogP contribution is 2.28. The number of benzene rings is 1. The number of rotatable bonds is 3. The molecule has 1 N–H and O–H groups in total. The van der Waals surface area contributed by atoms with E-state index < -0.39 is 0 Å². The summed E-state index contributed by atoms with van der Waals surface area (Å²) in [6, 6.07) is 6.49. The first-order chi connectivity index (χ1) is 8.60. The molecule has 0 unspecified atom stereocenters. The smallest absolute Gasteiger partial charge is 0.0726 e. The van der Waals surface area contributed by atoms with Crippen molar-refractivity contribution in [3.05, 3.63) is 28.2 Å². The molecular weight excluding hydrogens is 292 g/mol.